The Morgan fingerprint density at radius 2 is 1.66 bits per heavy atom. The van der Waals surface area contributed by atoms with Crippen LogP contribution in [0.4, 0.5) is 10.5 Å². The molecule has 0 aliphatic heterocycles. The van der Waals surface area contributed by atoms with Gasteiger partial charge in [-0.2, -0.15) is 0 Å². The van der Waals surface area contributed by atoms with Crippen molar-refractivity contribution in [1.29, 1.82) is 0 Å². The minimum absolute atomic E-state index is 0.0464. The largest absolute Gasteiger partial charge is 0.480 e. The third kappa shape index (κ3) is 7.66. The number of amides is 3. The molecular weight excluding hydrogens is 529 g/mol. The van der Waals surface area contributed by atoms with Crippen molar-refractivity contribution in [2.45, 2.75) is 39.3 Å². The van der Waals surface area contributed by atoms with Gasteiger partial charge in [-0.25, -0.2) is 9.59 Å². The summed E-state index contributed by atoms with van der Waals surface area (Å²) in [5.74, 6) is -1.50. The summed E-state index contributed by atoms with van der Waals surface area (Å²) < 4.78 is 0. The van der Waals surface area contributed by atoms with E-state index < -0.39 is 23.9 Å². The lowest BCUT2D eigenvalue weighted by atomic mass is 10.1. The molecule has 38 heavy (non-hydrogen) atoms. The first-order valence-electron chi connectivity index (χ1n) is 12.0. The number of aliphatic carboxylic acids is 1. The lowest BCUT2D eigenvalue weighted by Gasteiger charge is -2.31. The molecule has 0 saturated heterocycles. The number of nitrogens with zero attached hydrogens (tertiary/aromatic N) is 3. The highest BCUT2D eigenvalue weighted by Crippen LogP contribution is 2.24. The number of hydrogen-bond acceptors (Lipinski definition) is 5. The van der Waals surface area contributed by atoms with Crippen LogP contribution in [-0.2, 0) is 11.2 Å². The van der Waals surface area contributed by atoms with Crippen molar-refractivity contribution in [1.82, 2.24) is 20.2 Å². The summed E-state index contributed by atoms with van der Waals surface area (Å²) >= 11 is 12.1. The van der Waals surface area contributed by atoms with Crippen LogP contribution in [0.2, 0.25) is 10.0 Å². The van der Waals surface area contributed by atoms with E-state index >= 15 is 0 Å². The fraction of sp³-hybridized carbons (Fsp3) is 0.296. The van der Waals surface area contributed by atoms with E-state index in [1.54, 1.807) is 41.4 Å². The molecule has 11 heteroatoms. The Labute approximate surface area is 231 Å². The highest BCUT2D eigenvalue weighted by Gasteiger charge is 2.28. The van der Waals surface area contributed by atoms with Crippen LogP contribution in [0.1, 0.15) is 48.4 Å². The number of nitrogens with one attached hydrogen (secondary N) is 2. The van der Waals surface area contributed by atoms with Gasteiger partial charge in [0, 0.05) is 37.2 Å². The summed E-state index contributed by atoms with van der Waals surface area (Å²) in [6.07, 6.45) is 4.35. The van der Waals surface area contributed by atoms with Gasteiger partial charge in [0.05, 0.1) is 27.3 Å². The van der Waals surface area contributed by atoms with Gasteiger partial charge in [-0.3, -0.25) is 14.8 Å². The maximum Gasteiger partial charge on any atom is 0.326 e. The number of carboxylic acids is 1. The molecule has 2 aromatic heterocycles. The van der Waals surface area contributed by atoms with E-state index in [0.717, 1.165) is 0 Å². The van der Waals surface area contributed by atoms with Gasteiger partial charge in [-0.05, 0) is 42.7 Å². The number of halogens is 2. The molecule has 9 nitrogen and oxygen atoms in total. The first kappa shape index (κ1) is 28.9. The Morgan fingerprint density at radius 1 is 1.00 bits per heavy atom. The van der Waals surface area contributed by atoms with Crippen LogP contribution in [0.3, 0.4) is 0 Å². The third-order valence-corrected chi connectivity index (χ3v) is 6.31. The highest BCUT2D eigenvalue weighted by atomic mass is 35.5. The van der Waals surface area contributed by atoms with Crippen molar-refractivity contribution in [3.8, 4) is 0 Å². The van der Waals surface area contributed by atoms with Crippen LogP contribution in [0.25, 0.3) is 0 Å². The second-order valence-electron chi connectivity index (χ2n) is 9.15. The quantitative estimate of drug-likeness (QED) is 0.304. The second kappa shape index (κ2) is 13.2. The van der Waals surface area contributed by atoms with E-state index in [0.29, 0.717) is 23.5 Å². The normalized spacial score (nSPS) is 12.5. The number of hydrogen-bond donors (Lipinski definition) is 3. The van der Waals surface area contributed by atoms with Gasteiger partial charge in [0.15, 0.2) is 0 Å². The predicted molar refractivity (Wildman–Crippen MR) is 147 cm³/mol. The predicted octanol–water partition coefficient (Wildman–Crippen LogP) is 5.46. The SMILES string of the molecule is CC(C)CN(C(=O)N[C@@H](Cc1ccc(NC(=O)c2c(Cl)cncc2Cl)cc1)C(=O)O)C(C)c1ccccn1. The van der Waals surface area contributed by atoms with Crippen LogP contribution < -0.4 is 10.6 Å². The molecule has 0 saturated carbocycles. The molecule has 200 valence electrons. The number of carbonyl (C=O) groups excluding carboxylic acids is 2. The minimum Gasteiger partial charge on any atom is -0.480 e. The summed E-state index contributed by atoms with van der Waals surface area (Å²) in [4.78, 5) is 47.6. The molecule has 0 aliphatic rings. The van der Waals surface area contributed by atoms with Crippen LogP contribution in [0.15, 0.2) is 61.1 Å². The van der Waals surface area contributed by atoms with E-state index in [1.165, 1.54) is 12.4 Å². The molecule has 2 atom stereocenters. The van der Waals surface area contributed by atoms with E-state index in [2.05, 4.69) is 20.6 Å². The molecule has 0 spiro atoms. The Bertz CT molecular complexity index is 1250. The first-order valence-corrected chi connectivity index (χ1v) is 12.7. The van der Waals surface area contributed by atoms with E-state index in [1.807, 2.05) is 32.9 Å². The van der Waals surface area contributed by atoms with Crippen LogP contribution in [-0.4, -0.2) is 50.5 Å². The van der Waals surface area contributed by atoms with E-state index in [-0.39, 0.29) is 34.0 Å². The van der Waals surface area contributed by atoms with Gasteiger partial charge in [0.25, 0.3) is 5.91 Å². The lowest BCUT2D eigenvalue weighted by molar-refractivity contribution is -0.139. The number of carboxylic acid groups (broad SMARTS) is 1. The van der Waals surface area contributed by atoms with Gasteiger partial charge in [0.2, 0.25) is 0 Å². The molecule has 3 rings (SSSR count). The molecule has 0 radical (unpaired) electrons. The number of carbonyl (C=O) groups is 3. The number of anilines is 1. The van der Waals surface area contributed by atoms with Crippen molar-refractivity contribution in [3.05, 3.63) is 87.9 Å². The molecule has 3 amide bonds. The number of pyridine rings is 2. The molecule has 1 unspecified atom stereocenters. The fourth-order valence-electron chi connectivity index (χ4n) is 3.81. The van der Waals surface area contributed by atoms with Gasteiger partial charge >= 0.3 is 12.0 Å². The van der Waals surface area contributed by atoms with Crippen LogP contribution >= 0.6 is 23.2 Å². The average molecular weight is 558 g/mol. The number of urea groups is 1. The molecule has 0 fully saturated rings. The maximum absolute atomic E-state index is 13.2. The van der Waals surface area contributed by atoms with Gasteiger partial charge < -0.3 is 20.6 Å². The van der Waals surface area contributed by atoms with E-state index in [4.69, 9.17) is 23.2 Å². The summed E-state index contributed by atoms with van der Waals surface area (Å²) in [7, 11) is 0. The van der Waals surface area contributed by atoms with Crippen LogP contribution in [0.5, 0.6) is 0 Å². The zero-order chi connectivity index (χ0) is 27.8. The smallest absolute Gasteiger partial charge is 0.326 e. The Balaban J connectivity index is 1.69. The number of benzene rings is 1. The number of aromatic nitrogens is 2. The zero-order valence-electron chi connectivity index (χ0n) is 21.2. The number of rotatable bonds is 10. The minimum atomic E-state index is -1.16. The molecule has 0 aliphatic carbocycles. The molecule has 2 heterocycles. The molecular formula is C27H29Cl2N5O4. The zero-order valence-corrected chi connectivity index (χ0v) is 22.7. The lowest BCUT2D eigenvalue weighted by Crippen LogP contribution is -2.50. The third-order valence-electron chi connectivity index (χ3n) is 5.73. The Hall–Kier alpha value is -3.69. The second-order valence-corrected chi connectivity index (χ2v) is 9.96. The standard InChI is InChI=1S/C27H29Cl2N5O4/c1-16(2)15-34(17(3)22-6-4-5-11-31-22)27(38)33-23(26(36)37)12-18-7-9-19(10-8-18)32-25(35)24-20(28)13-30-14-21(24)29/h4-11,13-14,16-17,23H,12,15H2,1-3H3,(H,32,35)(H,33,38)(H,36,37)/t17?,23-/m0/s1. The summed E-state index contributed by atoms with van der Waals surface area (Å²) in [6, 6.07) is 10.1. The Kier molecular flexibility index (Phi) is 10.0. The van der Waals surface area contributed by atoms with Gasteiger partial charge in [-0.1, -0.05) is 55.2 Å². The Morgan fingerprint density at radius 3 is 2.21 bits per heavy atom. The van der Waals surface area contributed by atoms with Crippen molar-refractivity contribution in [2.24, 2.45) is 5.92 Å². The average Bonchev–Trinajstić information content (AvgIpc) is 2.87. The first-order chi connectivity index (χ1) is 18.1. The maximum atomic E-state index is 13.2. The van der Waals surface area contributed by atoms with Crippen molar-refractivity contribution in [2.75, 3.05) is 11.9 Å². The van der Waals surface area contributed by atoms with Gasteiger partial charge in [0.1, 0.15) is 6.04 Å². The van der Waals surface area contributed by atoms with Crippen molar-refractivity contribution in [3.63, 3.8) is 0 Å². The summed E-state index contributed by atoms with van der Waals surface area (Å²) in [5, 5.41) is 15.4. The topological polar surface area (TPSA) is 125 Å². The van der Waals surface area contributed by atoms with Gasteiger partial charge in [-0.15, -0.1) is 0 Å². The van der Waals surface area contributed by atoms with Crippen molar-refractivity contribution < 1.29 is 19.5 Å². The fourth-order valence-corrected chi connectivity index (χ4v) is 4.34. The monoisotopic (exact) mass is 557 g/mol. The van der Waals surface area contributed by atoms with Crippen molar-refractivity contribution >= 4 is 46.8 Å². The van der Waals surface area contributed by atoms with Crippen LogP contribution in [0, 0.1) is 5.92 Å². The van der Waals surface area contributed by atoms with E-state index in [9.17, 15) is 19.5 Å². The molecule has 1 aromatic carbocycles. The summed E-state index contributed by atoms with van der Waals surface area (Å²) in [5.41, 5.74) is 1.93. The summed E-state index contributed by atoms with van der Waals surface area (Å²) in [6.45, 7) is 6.25. The molecule has 3 N–H and O–H groups in total. The molecule has 3 aromatic rings. The molecule has 0 bridgehead atoms. The highest BCUT2D eigenvalue weighted by molar-refractivity contribution is 6.40.